The molecule has 1 N–H and O–H groups in total. The van der Waals surface area contributed by atoms with Crippen LogP contribution in [0.15, 0.2) is 24.3 Å². The minimum absolute atomic E-state index is 0.280. The van der Waals surface area contributed by atoms with Crippen molar-refractivity contribution in [3.05, 3.63) is 30.1 Å². The van der Waals surface area contributed by atoms with Gasteiger partial charge in [-0.05, 0) is 51.0 Å². The van der Waals surface area contributed by atoms with E-state index in [0.717, 1.165) is 0 Å². The summed E-state index contributed by atoms with van der Waals surface area (Å²) in [6.07, 6.45) is 3.18. The molecule has 1 fully saturated rings. The number of likely N-dealkylation sites (tertiary alicyclic amines) is 1. The summed E-state index contributed by atoms with van der Waals surface area (Å²) in [7, 11) is 0. The van der Waals surface area contributed by atoms with Gasteiger partial charge in [-0.15, -0.1) is 0 Å². The maximum absolute atomic E-state index is 12.8. The fraction of sp³-hybridized carbons (Fsp3) is 0.667. The molecule has 1 aliphatic rings. The zero-order valence-corrected chi connectivity index (χ0v) is 14.1. The molecule has 5 heteroatoms. The lowest BCUT2D eigenvalue weighted by Crippen LogP contribution is -2.48. The van der Waals surface area contributed by atoms with Crippen molar-refractivity contribution >= 4 is 0 Å². The van der Waals surface area contributed by atoms with Gasteiger partial charge < -0.3 is 14.6 Å². The summed E-state index contributed by atoms with van der Waals surface area (Å²) < 4.78 is 23.7. The van der Waals surface area contributed by atoms with Crippen LogP contribution in [0.25, 0.3) is 0 Å². The molecule has 0 bridgehead atoms. The van der Waals surface area contributed by atoms with Crippen molar-refractivity contribution in [3.63, 3.8) is 0 Å². The second-order valence-corrected chi connectivity index (χ2v) is 6.36. The van der Waals surface area contributed by atoms with Crippen LogP contribution in [-0.4, -0.2) is 54.6 Å². The Hall–Kier alpha value is -1.17. The Morgan fingerprint density at radius 3 is 2.48 bits per heavy atom. The number of nitrogens with zero attached hydrogens (tertiary/aromatic N) is 1. The van der Waals surface area contributed by atoms with Gasteiger partial charge in [-0.2, -0.15) is 0 Å². The molecule has 1 saturated heterocycles. The highest BCUT2D eigenvalue weighted by Crippen LogP contribution is 2.22. The van der Waals surface area contributed by atoms with E-state index in [1.807, 2.05) is 0 Å². The van der Waals surface area contributed by atoms with Gasteiger partial charge in [-0.1, -0.05) is 6.42 Å². The highest BCUT2D eigenvalue weighted by Gasteiger charge is 2.26. The number of ether oxygens (including phenoxy) is 2. The molecule has 0 unspecified atom stereocenters. The highest BCUT2D eigenvalue weighted by molar-refractivity contribution is 5.21. The Kier molecular flexibility index (Phi) is 7.27. The van der Waals surface area contributed by atoms with Gasteiger partial charge in [-0.3, -0.25) is 4.90 Å². The minimum atomic E-state index is -0.483. The molecule has 0 radical (unpaired) electrons. The number of halogens is 1. The Labute approximate surface area is 138 Å². The predicted octanol–water partition coefficient (Wildman–Crippen LogP) is 2.84. The molecule has 4 nitrogen and oxygen atoms in total. The zero-order chi connectivity index (χ0) is 16.7. The number of hydrogen-bond donors (Lipinski definition) is 1. The molecule has 1 aromatic rings. The summed E-state index contributed by atoms with van der Waals surface area (Å²) in [4.78, 5) is 2.37. The Morgan fingerprint density at radius 1 is 1.17 bits per heavy atom. The predicted molar refractivity (Wildman–Crippen MR) is 88.2 cm³/mol. The van der Waals surface area contributed by atoms with E-state index in [1.165, 1.54) is 31.4 Å². The molecule has 1 heterocycles. The van der Waals surface area contributed by atoms with Gasteiger partial charge in [0.25, 0.3) is 0 Å². The van der Waals surface area contributed by atoms with Gasteiger partial charge in [0.2, 0.25) is 0 Å². The summed E-state index contributed by atoms with van der Waals surface area (Å²) in [6.45, 7) is 6.19. The van der Waals surface area contributed by atoms with E-state index in [4.69, 9.17) is 9.47 Å². The number of aliphatic hydroxyl groups is 1. The topological polar surface area (TPSA) is 41.9 Å². The van der Waals surface area contributed by atoms with Crippen LogP contribution in [0.5, 0.6) is 5.75 Å². The first-order valence-corrected chi connectivity index (χ1v) is 8.46. The number of β-amino-alcohol motifs (C(OH)–C–C–N with tert-alkyl or cyclic N) is 1. The van der Waals surface area contributed by atoms with Gasteiger partial charge in [0.1, 0.15) is 18.2 Å². The van der Waals surface area contributed by atoms with Crippen molar-refractivity contribution in [3.8, 4) is 5.75 Å². The SMILES string of the molecule is C[C@@H]1CCC[C@@H](C)N1C[C@@H](O)COCCOc1ccc(F)cc1. The maximum Gasteiger partial charge on any atom is 0.123 e. The summed E-state index contributed by atoms with van der Waals surface area (Å²) in [5.41, 5.74) is 0. The molecule has 2 rings (SSSR count). The van der Waals surface area contributed by atoms with Crippen LogP contribution in [-0.2, 0) is 4.74 Å². The largest absolute Gasteiger partial charge is 0.491 e. The van der Waals surface area contributed by atoms with Crippen LogP contribution in [0.4, 0.5) is 4.39 Å². The van der Waals surface area contributed by atoms with Gasteiger partial charge in [-0.25, -0.2) is 4.39 Å². The fourth-order valence-electron chi connectivity index (χ4n) is 3.10. The molecule has 130 valence electrons. The fourth-order valence-corrected chi connectivity index (χ4v) is 3.10. The lowest BCUT2D eigenvalue weighted by atomic mass is 9.97. The van der Waals surface area contributed by atoms with E-state index in [0.29, 0.717) is 44.2 Å². The zero-order valence-electron chi connectivity index (χ0n) is 14.1. The molecule has 3 atom stereocenters. The molecule has 0 aliphatic carbocycles. The summed E-state index contributed by atoms with van der Waals surface area (Å²) in [5.74, 6) is 0.337. The van der Waals surface area contributed by atoms with Crippen LogP contribution in [0.3, 0.4) is 0 Å². The molecular formula is C18H28FNO3. The number of hydrogen-bond acceptors (Lipinski definition) is 4. The number of aliphatic hydroxyl groups excluding tert-OH is 1. The molecule has 0 saturated carbocycles. The second-order valence-electron chi connectivity index (χ2n) is 6.36. The van der Waals surface area contributed by atoms with E-state index in [2.05, 4.69) is 18.7 Å². The lowest BCUT2D eigenvalue weighted by Gasteiger charge is -2.40. The Bertz CT molecular complexity index is 444. The standard InChI is InChI=1S/C18H28FNO3/c1-14-4-3-5-15(2)20(14)12-17(21)13-22-10-11-23-18-8-6-16(19)7-9-18/h6-9,14-15,17,21H,3-5,10-13H2,1-2H3/t14-,15-,17-/m1/s1. The van der Waals surface area contributed by atoms with E-state index in [1.54, 1.807) is 12.1 Å². The van der Waals surface area contributed by atoms with Crippen molar-refractivity contribution in [1.29, 1.82) is 0 Å². The minimum Gasteiger partial charge on any atom is -0.491 e. The number of benzene rings is 1. The van der Waals surface area contributed by atoms with Crippen molar-refractivity contribution in [2.45, 2.75) is 51.3 Å². The van der Waals surface area contributed by atoms with Gasteiger partial charge in [0.15, 0.2) is 0 Å². The molecule has 0 spiro atoms. The molecule has 1 aromatic carbocycles. The number of piperidine rings is 1. The van der Waals surface area contributed by atoms with E-state index < -0.39 is 6.10 Å². The quantitative estimate of drug-likeness (QED) is 0.746. The first-order chi connectivity index (χ1) is 11.1. The molecule has 23 heavy (non-hydrogen) atoms. The smallest absolute Gasteiger partial charge is 0.123 e. The average Bonchev–Trinajstić information content (AvgIpc) is 2.52. The molecule has 0 amide bonds. The van der Waals surface area contributed by atoms with Crippen molar-refractivity contribution < 1.29 is 19.0 Å². The van der Waals surface area contributed by atoms with Crippen molar-refractivity contribution in [2.75, 3.05) is 26.4 Å². The molecular weight excluding hydrogens is 297 g/mol. The third-order valence-corrected chi connectivity index (χ3v) is 4.42. The summed E-state index contributed by atoms with van der Waals surface area (Å²) in [5, 5.41) is 10.1. The van der Waals surface area contributed by atoms with Gasteiger partial charge in [0, 0.05) is 18.6 Å². The van der Waals surface area contributed by atoms with Crippen molar-refractivity contribution in [2.24, 2.45) is 0 Å². The van der Waals surface area contributed by atoms with Gasteiger partial charge >= 0.3 is 0 Å². The van der Waals surface area contributed by atoms with Crippen LogP contribution < -0.4 is 4.74 Å². The van der Waals surface area contributed by atoms with E-state index >= 15 is 0 Å². The third kappa shape index (κ3) is 6.09. The second kappa shape index (κ2) is 9.21. The van der Waals surface area contributed by atoms with Crippen LogP contribution in [0, 0.1) is 5.82 Å². The third-order valence-electron chi connectivity index (χ3n) is 4.42. The summed E-state index contributed by atoms with van der Waals surface area (Å²) >= 11 is 0. The van der Waals surface area contributed by atoms with E-state index in [-0.39, 0.29) is 5.82 Å². The normalized spacial score (nSPS) is 23.7. The highest BCUT2D eigenvalue weighted by atomic mass is 19.1. The Balaban J connectivity index is 1.59. The summed E-state index contributed by atoms with van der Waals surface area (Å²) in [6, 6.07) is 6.94. The van der Waals surface area contributed by atoms with E-state index in [9.17, 15) is 9.50 Å². The Morgan fingerprint density at radius 2 is 1.83 bits per heavy atom. The molecule has 0 aromatic heterocycles. The van der Waals surface area contributed by atoms with Gasteiger partial charge in [0.05, 0.1) is 19.3 Å². The van der Waals surface area contributed by atoms with Crippen LogP contribution in [0.1, 0.15) is 33.1 Å². The first-order valence-electron chi connectivity index (χ1n) is 8.46. The monoisotopic (exact) mass is 325 g/mol. The molecule has 1 aliphatic heterocycles. The lowest BCUT2D eigenvalue weighted by molar-refractivity contribution is -0.0141. The van der Waals surface area contributed by atoms with Crippen LogP contribution >= 0.6 is 0 Å². The average molecular weight is 325 g/mol. The maximum atomic E-state index is 12.8. The first kappa shape index (κ1) is 18.2. The van der Waals surface area contributed by atoms with Crippen LogP contribution in [0.2, 0.25) is 0 Å². The number of rotatable bonds is 8. The van der Waals surface area contributed by atoms with Crippen molar-refractivity contribution in [1.82, 2.24) is 4.90 Å².